The molecule has 0 radical (unpaired) electrons. The van der Waals surface area contributed by atoms with Crippen molar-refractivity contribution in [2.24, 2.45) is 7.05 Å². The van der Waals surface area contributed by atoms with Crippen molar-refractivity contribution in [1.29, 1.82) is 0 Å². The lowest BCUT2D eigenvalue weighted by atomic mass is 10.00. The molecule has 1 N–H and O–H groups in total. The summed E-state index contributed by atoms with van der Waals surface area (Å²) in [5, 5.41) is 11.7. The Morgan fingerprint density at radius 1 is 1.50 bits per heavy atom. The van der Waals surface area contributed by atoms with Crippen LogP contribution in [0.4, 0.5) is 0 Å². The highest BCUT2D eigenvalue weighted by atomic mass is 79.9. The van der Waals surface area contributed by atoms with E-state index < -0.39 is 0 Å². The monoisotopic (exact) mass is 336 g/mol. The summed E-state index contributed by atoms with van der Waals surface area (Å²) in [5.41, 5.74) is 1.19. The molecule has 0 saturated carbocycles. The van der Waals surface area contributed by atoms with E-state index in [2.05, 4.69) is 44.4 Å². The third-order valence-corrected chi connectivity index (χ3v) is 4.09. The van der Waals surface area contributed by atoms with E-state index >= 15 is 0 Å². The van der Waals surface area contributed by atoms with Crippen LogP contribution in [0.2, 0.25) is 0 Å². The molecule has 2 unspecified atom stereocenters. The zero-order chi connectivity index (χ0) is 14.1. The highest BCUT2D eigenvalue weighted by Crippen LogP contribution is 2.35. The van der Waals surface area contributed by atoms with Gasteiger partial charge in [-0.05, 0) is 25.1 Å². The number of nitrogens with zero attached hydrogens (tertiary/aromatic N) is 3. The van der Waals surface area contributed by atoms with Gasteiger partial charge in [0.1, 0.15) is 17.9 Å². The predicted molar refractivity (Wildman–Crippen MR) is 79.5 cm³/mol. The van der Waals surface area contributed by atoms with Gasteiger partial charge in [0, 0.05) is 29.5 Å². The van der Waals surface area contributed by atoms with Crippen molar-refractivity contribution in [3.63, 3.8) is 0 Å². The number of fused-ring (bicyclic) bond motifs is 1. The summed E-state index contributed by atoms with van der Waals surface area (Å²) in [6.45, 7) is 2.84. The van der Waals surface area contributed by atoms with Gasteiger partial charge in [0.2, 0.25) is 0 Å². The molecule has 0 bridgehead atoms. The van der Waals surface area contributed by atoms with Crippen LogP contribution in [0.5, 0.6) is 5.75 Å². The normalized spacial score (nSPS) is 19.2. The van der Waals surface area contributed by atoms with E-state index in [1.54, 1.807) is 6.33 Å². The Labute approximate surface area is 126 Å². The maximum Gasteiger partial charge on any atom is 0.149 e. The van der Waals surface area contributed by atoms with E-state index in [1.807, 2.05) is 23.7 Å². The molecule has 106 valence electrons. The molecule has 0 aliphatic carbocycles. The Balaban J connectivity index is 1.83. The number of halogens is 1. The van der Waals surface area contributed by atoms with Crippen molar-refractivity contribution >= 4 is 15.9 Å². The molecule has 0 saturated heterocycles. The van der Waals surface area contributed by atoms with Crippen LogP contribution >= 0.6 is 15.9 Å². The predicted octanol–water partition coefficient (Wildman–Crippen LogP) is 2.75. The number of benzene rings is 1. The van der Waals surface area contributed by atoms with Crippen LogP contribution < -0.4 is 10.1 Å². The zero-order valence-electron chi connectivity index (χ0n) is 11.5. The van der Waals surface area contributed by atoms with Crippen molar-refractivity contribution in [1.82, 2.24) is 20.1 Å². The number of hydrogen-bond donors (Lipinski definition) is 1. The van der Waals surface area contributed by atoms with Gasteiger partial charge in [-0.25, -0.2) is 0 Å². The Bertz CT molecular complexity index is 613. The molecule has 0 spiro atoms. The fraction of sp³-hybridized carbons (Fsp3) is 0.429. The second-order valence-corrected chi connectivity index (χ2v) is 5.98. The molecule has 1 aliphatic heterocycles. The van der Waals surface area contributed by atoms with Gasteiger partial charge in [-0.1, -0.05) is 15.9 Å². The van der Waals surface area contributed by atoms with Gasteiger partial charge in [0.05, 0.1) is 12.6 Å². The van der Waals surface area contributed by atoms with Gasteiger partial charge in [-0.3, -0.25) is 0 Å². The first-order valence-corrected chi connectivity index (χ1v) is 7.46. The molecule has 1 aromatic carbocycles. The van der Waals surface area contributed by atoms with Crippen LogP contribution in [-0.2, 0) is 7.05 Å². The van der Waals surface area contributed by atoms with Crippen molar-refractivity contribution in [3.05, 3.63) is 40.4 Å². The smallest absolute Gasteiger partial charge is 0.149 e. The van der Waals surface area contributed by atoms with Crippen LogP contribution in [0.25, 0.3) is 0 Å². The third kappa shape index (κ3) is 2.58. The maximum absolute atomic E-state index is 5.71. The number of nitrogens with one attached hydrogen (secondary N) is 1. The number of aryl methyl sites for hydroxylation is 1. The lowest BCUT2D eigenvalue weighted by Crippen LogP contribution is -2.30. The molecule has 0 amide bonds. The summed E-state index contributed by atoms with van der Waals surface area (Å²) in [5.74, 6) is 1.90. The second-order valence-electron chi connectivity index (χ2n) is 5.06. The van der Waals surface area contributed by atoms with Gasteiger partial charge in [-0.2, -0.15) is 0 Å². The molecule has 2 heterocycles. The highest BCUT2D eigenvalue weighted by Gasteiger charge is 2.24. The molecule has 2 aromatic rings. The van der Waals surface area contributed by atoms with E-state index in [4.69, 9.17) is 4.74 Å². The van der Waals surface area contributed by atoms with Crippen molar-refractivity contribution < 1.29 is 4.74 Å². The van der Waals surface area contributed by atoms with E-state index in [9.17, 15) is 0 Å². The minimum atomic E-state index is 0.137. The summed E-state index contributed by atoms with van der Waals surface area (Å²) in [6, 6.07) is 6.55. The molecule has 1 aliphatic rings. The topological polar surface area (TPSA) is 52.0 Å². The summed E-state index contributed by atoms with van der Waals surface area (Å²) in [7, 11) is 1.96. The van der Waals surface area contributed by atoms with Crippen molar-refractivity contribution in [2.75, 3.05) is 6.61 Å². The fourth-order valence-electron chi connectivity index (χ4n) is 2.60. The minimum Gasteiger partial charge on any atom is -0.493 e. The number of hydrogen-bond acceptors (Lipinski definition) is 4. The Kier molecular flexibility index (Phi) is 3.76. The van der Waals surface area contributed by atoms with Crippen molar-refractivity contribution in [2.45, 2.75) is 25.4 Å². The number of ether oxygens (including phenoxy) is 1. The lowest BCUT2D eigenvalue weighted by molar-refractivity contribution is 0.244. The molecule has 20 heavy (non-hydrogen) atoms. The average Bonchev–Trinajstić information content (AvgIpc) is 2.86. The van der Waals surface area contributed by atoms with Crippen LogP contribution in [0.1, 0.15) is 36.8 Å². The lowest BCUT2D eigenvalue weighted by Gasteiger charge is -2.29. The molecule has 3 rings (SSSR count). The van der Waals surface area contributed by atoms with Crippen LogP contribution in [0, 0.1) is 0 Å². The SMILES string of the molecule is CC(NC1CCOc2ccc(Br)cc21)c1nncn1C. The molecule has 5 nitrogen and oxygen atoms in total. The summed E-state index contributed by atoms with van der Waals surface area (Å²) in [6.07, 6.45) is 2.67. The minimum absolute atomic E-state index is 0.137. The Morgan fingerprint density at radius 3 is 3.10 bits per heavy atom. The number of rotatable bonds is 3. The standard InChI is InChI=1S/C14H17BrN4O/c1-9(14-18-16-8-19(14)2)17-12-5-6-20-13-4-3-10(15)7-11(12)13/h3-4,7-9,12,17H,5-6H2,1-2H3. The second kappa shape index (κ2) is 5.54. The first-order valence-electron chi connectivity index (χ1n) is 6.67. The van der Waals surface area contributed by atoms with Gasteiger partial charge >= 0.3 is 0 Å². The molecule has 0 fully saturated rings. The molecule has 1 aromatic heterocycles. The van der Waals surface area contributed by atoms with Crippen LogP contribution in [0.15, 0.2) is 29.0 Å². The first kappa shape index (κ1) is 13.6. The quantitative estimate of drug-likeness (QED) is 0.936. The van der Waals surface area contributed by atoms with Gasteiger partial charge in [-0.15, -0.1) is 10.2 Å². The zero-order valence-corrected chi connectivity index (χ0v) is 13.1. The summed E-state index contributed by atoms with van der Waals surface area (Å²) >= 11 is 3.52. The molecule has 2 atom stereocenters. The van der Waals surface area contributed by atoms with Gasteiger partial charge in [0.15, 0.2) is 0 Å². The van der Waals surface area contributed by atoms with E-state index in [1.165, 1.54) is 5.56 Å². The average molecular weight is 337 g/mol. The van der Waals surface area contributed by atoms with Crippen LogP contribution in [0.3, 0.4) is 0 Å². The molecule has 6 heteroatoms. The van der Waals surface area contributed by atoms with E-state index in [0.29, 0.717) is 0 Å². The van der Waals surface area contributed by atoms with E-state index in [-0.39, 0.29) is 12.1 Å². The largest absolute Gasteiger partial charge is 0.493 e. The third-order valence-electron chi connectivity index (χ3n) is 3.60. The van der Waals surface area contributed by atoms with E-state index in [0.717, 1.165) is 29.1 Å². The van der Waals surface area contributed by atoms with Gasteiger partial charge in [0.25, 0.3) is 0 Å². The molecular formula is C14H17BrN4O. The molecular weight excluding hydrogens is 320 g/mol. The first-order chi connectivity index (χ1) is 9.65. The Morgan fingerprint density at radius 2 is 2.35 bits per heavy atom. The Hall–Kier alpha value is -1.40. The highest BCUT2D eigenvalue weighted by molar-refractivity contribution is 9.10. The fourth-order valence-corrected chi connectivity index (χ4v) is 2.98. The van der Waals surface area contributed by atoms with Crippen molar-refractivity contribution in [3.8, 4) is 5.75 Å². The maximum atomic E-state index is 5.71. The van der Waals surface area contributed by atoms with Gasteiger partial charge < -0.3 is 14.6 Å². The summed E-state index contributed by atoms with van der Waals surface area (Å²) in [4.78, 5) is 0. The number of aromatic nitrogens is 3. The van der Waals surface area contributed by atoms with Crippen LogP contribution in [-0.4, -0.2) is 21.4 Å². The summed E-state index contributed by atoms with van der Waals surface area (Å²) < 4.78 is 8.72.